The van der Waals surface area contributed by atoms with Crippen LogP contribution in [0, 0.1) is 0 Å². The van der Waals surface area contributed by atoms with Gasteiger partial charge < -0.3 is 9.47 Å². The van der Waals surface area contributed by atoms with Crippen molar-refractivity contribution in [3.05, 3.63) is 97.1 Å². The van der Waals surface area contributed by atoms with Gasteiger partial charge in [-0.3, -0.25) is 4.79 Å². The van der Waals surface area contributed by atoms with Crippen molar-refractivity contribution in [3.8, 4) is 22.6 Å². The van der Waals surface area contributed by atoms with Gasteiger partial charge in [-0.1, -0.05) is 67.3 Å². The lowest BCUT2D eigenvalue weighted by Crippen LogP contribution is -2.24. The third-order valence-electron chi connectivity index (χ3n) is 4.00. The van der Waals surface area contributed by atoms with Gasteiger partial charge >= 0.3 is 0 Å². The molecule has 0 aliphatic rings. The summed E-state index contributed by atoms with van der Waals surface area (Å²) in [6.07, 6.45) is 3.20. The lowest BCUT2D eigenvalue weighted by molar-refractivity contribution is -0.123. The van der Waals surface area contributed by atoms with E-state index < -0.39 is 0 Å². The normalized spacial score (nSPS) is 10.5. The van der Waals surface area contributed by atoms with E-state index in [4.69, 9.17) is 9.47 Å². The minimum absolute atomic E-state index is 0.128. The maximum atomic E-state index is 12.0. The van der Waals surface area contributed by atoms with Crippen LogP contribution in [0.1, 0.15) is 5.56 Å². The van der Waals surface area contributed by atoms with E-state index >= 15 is 0 Å². The van der Waals surface area contributed by atoms with E-state index in [1.807, 2.05) is 78.9 Å². The Kier molecular flexibility index (Phi) is 7.18. The van der Waals surface area contributed by atoms with Crippen molar-refractivity contribution in [1.29, 1.82) is 0 Å². The minimum atomic E-state index is -0.349. The molecule has 0 radical (unpaired) electrons. The van der Waals surface area contributed by atoms with Crippen LogP contribution in [0.25, 0.3) is 11.1 Å². The number of carbonyl (C=O) groups excluding carboxylic acids is 1. The second-order valence-electron chi connectivity index (χ2n) is 6.11. The molecule has 0 fully saturated rings. The summed E-state index contributed by atoms with van der Waals surface area (Å²) in [6, 6.07) is 25.1. The highest BCUT2D eigenvalue weighted by atomic mass is 16.5. The van der Waals surface area contributed by atoms with Crippen LogP contribution in [-0.4, -0.2) is 25.3 Å². The molecule has 0 bridgehead atoms. The van der Waals surface area contributed by atoms with Crippen molar-refractivity contribution in [2.75, 3.05) is 13.2 Å². The number of benzene rings is 3. The molecule has 3 aromatic rings. The highest BCUT2D eigenvalue weighted by Gasteiger charge is 2.03. The molecule has 0 saturated carbocycles. The SMILES string of the molecule is C=CCOc1ccccc1C=NNC(=O)COc1ccc(-c2ccccc2)cc1. The van der Waals surface area contributed by atoms with Gasteiger partial charge in [0.05, 0.1) is 6.21 Å². The molecule has 5 nitrogen and oxygen atoms in total. The first-order valence-electron chi connectivity index (χ1n) is 9.19. The molecule has 0 spiro atoms. The summed E-state index contributed by atoms with van der Waals surface area (Å²) in [7, 11) is 0. The number of para-hydroxylation sites is 1. The van der Waals surface area contributed by atoms with E-state index in [1.54, 1.807) is 6.08 Å². The molecule has 0 aromatic heterocycles. The van der Waals surface area contributed by atoms with Crippen molar-refractivity contribution in [2.45, 2.75) is 0 Å². The molecule has 0 unspecified atom stereocenters. The number of carbonyl (C=O) groups is 1. The second kappa shape index (κ2) is 10.5. The molecule has 0 saturated heterocycles. The highest BCUT2D eigenvalue weighted by Crippen LogP contribution is 2.22. The van der Waals surface area contributed by atoms with E-state index in [2.05, 4.69) is 17.1 Å². The molecule has 0 heterocycles. The number of hydrazone groups is 1. The van der Waals surface area contributed by atoms with Crippen LogP contribution in [0.15, 0.2) is 96.6 Å². The minimum Gasteiger partial charge on any atom is -0.489 e. The number of hydrogen-bond acceptors (Lipinski definition) is 4. The summed E-state index contributed by atoms with van der Waals surface area (Å²) in [4.78, 5) is 12.0. The molecular weight excluding hydrogens is 364 g/mol. The van der Waals surface area contributed by atoms with Crippen molar-refractivity contribution < 1.29 is 14.3 Å². The van der Waals surface area contributed by atoms with Crippen LogP contribution < -0.4 is 14.9 Å². The average Bonchev–Trinajstić information content (AvgIpc) is 2.78. The van der Waals surface area contributed by atoms with Crippen LogP contribution in [0.2, 0.25) is 0 Å². The summed E-state index contributed by atoms with van der Waals surface area (Å²) in [5.41, 5.74) is 5.42. The zero-order chi connectivity index (χ0) is 20.3. The molecular formula is C24H22N2O3. The molecule has 29 heavy (non-hydrogen) atoms. The van der Waals surface area contributed by atoms with Crippen LogP contribution in [0.4, 0.5) is 0 Å². The number of rotatable bonds is 9. The van der Waals surface area contributed by atoms with E-state index in [0.717, 1.165) is 16.7 Å². The second-order valence-corrected chi connectivity index (χ2v) is 6.11. The van der Waals surface area contributed by atoms with E-state index in [1.165, 1.54) is 6.21 Å². The first-order chi connectivity index (χ1) is 14.3. The van der Waals surface area contributed by atoms with Crippen LogP contribution in [0.5, 0.6) is 11.5 Å². The standard InChI is InChI=1S/C24H22N2O3/c1-2-16-28-23-11-7-6-10-21(23)17-25-26-24(27)18-29-22-14-12-20(13-15-22)19-8-4-3-5-9-19/h2-15,17H,1,16,18H2,(H,26,27). The number of nitrogens with one attached hydrogen (secondary N) is 1. The fourth-order valence-corrected chi connectivity index (χ4v) is 2.60. The maximum absolute atomic E-state index is 12.0. The predicted octanol–water partition coefficient (Wildman–Crippen LogP) is 4.45. The molecule has 0 aliphatic heterocycles. The molecule has 0 atom stereocenters. The van der Waals surface area contributed by atoms with E-state index in [-0.39, 0.29) is 12.5 Å². The third-order valence-corrected chi connectivity index (χ3v) is 4.00. The fraction of sp³-hybridized carbons (Fsp3) is 0.0833. The van der Waals surface area contributed by atoms with Crippen LogP contribution >= 0.6 is 0 Å². The Morgan fingerprint density at radius 3 is 2.34 bits per heavy atom. The molecule has 1 N–H and O–H groups in total. The third kappa shape index (κ3) is 6.07. The van der Waals surface area contributed by atoms with Gasteiger partial charge in [0.2, 0.25) is 0 Å². The molecule has 1 amide bonds. The van der Waals surface area contributed by atoms with Crippen molar-refractivity contribution >= 4 is 12.1 Å². The average molecular weight is 386 g/mol. The Morgan fingerprint density at radius 1 is 0.897 bits per heavy atom. The first-order valence-corrected chi connectivity index (χ1v) is 9.19. The Hall–Kier alpha value is -3.86. The van der Waals surface area contributed by atoms with Crippen molar-refractivity contribution in [1.82, 2.24) is 5.43 Å². The van der Waals surface area contributed by atoms with Gasteiger partial charge in [0.25, 0.3) is 5.91 Å². The van der Waals surface area contributed by atoms with E-state index in [0.29, 0.717) is 18.1 Å². The maximum Gasteiger partial charge on any atom is 0.277 e. The highest BCUT2D eigenvalue weighted by molar-refractivity contribution is 5.85. The predicted molar refractivity (Wildman–Crippen MR) is 115 cm³/mol. The summed E-state index contributed by atoms with van der Waals surface area (Å²) in [6.45, 7) is 3.90. The Labute approximate surface area is 170 Å². The first kappa shape index (κ1) is 19.9. The van der Waals surface area contributed by atoms with Crippen LogP contribution in [-0.2, 0) is 4.79 Å². The van der Waals surface area contributed by atoms with Gasteiger partial charge in [0.15, 0.2) is 6.61 Å². The van der Waals surface area contributed by atoms with Crippen LogP contribution in [0.3, 0.4) is 0 Å². The topological polar surface area (TPSA) is 59.9 Å². The smallest absolute Gasteiger partial charge is 0.277 e. The van der Waals surface area contributed by atoms with Gasteiger partial charge in [0, 0.05) is 5.56 Å². The van der Waals surface area contributed by atoms with Gasteiger partial charge in [-0.15, -0.1) is 0 Å². The molecule has 3 aromatic carbocycles. The summed E-state index contributed by atoms with van der Waals surface area (Å²) in [5.74, 6) is 0.935. The zero-order valence-electron chi connectivity index (χ0n) is 16.0. The van der Waals surface area contributed by atoms with Gasteiger partial charge in [-0.25, -0.2) is 5.43 Å². The number of ether oxygens (including phenoxy) is 2. The summed E-state index contributed by atoms with van der Waals surface area (Å²) in [5, 5.41) is 3.97. The summed E-state index contributed by atoms with van der Waals surface area (Å²) >= 11 is 0. The lowest BCUT2D eigenvalue weighted by atomic mass is 10.1. The largest absolute Gasteiger partial charge is 0.489 e. The van der Waals surface area contributed by atoms with Crippen molar-refractivity contribution in [3.63, 3.8) is 0 Å². The number of hydrogen-bond donors (Lipinski definition) is 1. The fourth-order valence-electron chi connectivity index (χ4n) is 2.60. The molecule has 0 aliphatic carbocycles. The Bertz CT molecular complexity index is 967. The van der Waals surface area contributed by atoms with Crippen molar-refractivity contribution in [2.24, 2.45) is 5.10 Å². The van der Waals surface area contributed by atoms with Gasteiger partial charge in [0.1, 0.15) is 18.1 Å². The van der Waals surface area contributed by atoms with Gasteiger partial charge in [-0.05, 0) is 35.4 Å². The zero-order valence-corrected chi connectivity index (χ0v) is 16.0. The Balaban J connectivity index is 1.49. The number of nitrogens with zero attached hydrogens (tertiary/aromatic N) is 1. The molecule has 5 heteroatoms. The lowest BCUT2D eigenvalue weighted by Gasteiger charge is -2.07. The van der Waals surface area contributed by atoms with Gasteiger partial charge in [-0.2, -0.15) is 5.10 Å². The molecule has 3 rings (SSSR count). The summed E-state index contributed by atoms with van der Waals surface area (Å²) < 4.78 is 11.1. The number of amides is 1. The monoisotopic (exact) mass is 386 g/mol. The Morgan fingerprint density at radius 2 is 1.59 bits per heavy atom. The van der Waals surface area contributed by atoms with E-state index in [9.17, 15) is 4.79 Å². The molecule has 146 valence electrons. The quantitative estimate of drug-likeness (QED) is 0.336.